The highest BCUT2D eigenvalue weighted by Crippen LogP contribution is 2.17. The van der Waals surface area contributed by atoms with Gasteiger partial charge in [-0.1, -0.05) is 6.92 Å². The fourth-order valence-corrected chi connectivity index (χ4v) is 1.78. The molecule has 0 radical (unpaired) electrons. The molecule has 4 nitrogen and oxygen atoms in total. The van der Waals surface area contributed by atoms with Crippen molar-refractivity contribution < 1.29 is 14.3 Å². The van der Waals surface area contributed by atoms with Gasteiger partial charge in [-0.15, -0.1) is 0 Å². The highest BCUT2D eigenvalue weighted by atomic mass is 16.5. The van der Waals surface area contributed by atoms with Gasteiger partial charge in [0.2, 0.25) is 0 Å². The van der Waals surface area contributed by atoms with Crippen LogP contribution in [0.1, 0.15) is 36.7 Å². The number of ether oxygens (including phenoxy) is 2. The molecule has 0 aliphatic carbocycles. The first-order chi connectivity index (χ1) is 8.29. The fraction of sp³-hybridized carbons (Fsp3) is 0.538. The quantitative estimate of drug-likeness (QED) is 0.751. The third-order valence-electron chi connectivity index (χ3n) is 2.81. The van der Waals surface area contributed by atoms with E-state index >= 15 is 0 Å². The van der Waals surface area contributed by atoms with Gasteiger partial charge in [0, 0.05) is 19.3 Å². The molecule has 1 aromatic rings. The van der Waals surface area contributed by atoms with Crippen molar-refractivity contribution in [1.82, 2.24) is 4.98 Å². The van der Waals surface area contributed by atoms with E-state index in [1.54, 1.807) is 12.3 Å². The van der Waals surface area contributed by atoms with E-state index in [0.717, 1.165) is 31.8 Å². The summed E-state index contributed by atoms with van der Waals surface area (Å²) in [5.74, 6) is 0.784. The van der Waals surface area contributed by atoms with Crippen LogP contribution in [0.25, 0.3) is 0 Å². The number of ketones is 1. The van der Waals surface area contributed by atoms with Gasteiger partial charge in [-0.25, -0.2) is 4.98 Å². The molecule has 0 atom stereocenters. The summed E-state index contributed by atoms with van der Waals surface area (Å²) in [6, 6.07) is 3.53. The van der Waals surface area contributed by atoms with Gasteiger partial charge in [0.25, 0.3) is 0 Å². The first-order valence-electron chi connectivity index (χ1n) is 6.03. The van der Waals surface area contributed by atoms with Gasteiger partial charge in [-0.2, -0.15) is 0 Å². The average molecular weight is 235 g/mol. The number of pyridine rings is 1. The topological polar surface area (TPSA) is 48.4 Å². The molecule has 17 heavy (non-hydrogen) atoms. The molecule has 2 rings (SSSR count). The highest BCUT2D eigenvalue weighted by Gasteiger charge is 2.15. The van der Waals surface area contributed by atoms with Crippen molar-refractivity contribution >= 4 is 5.78 Å². The molecule has 0 amide bonds. The minimum Gasteiger partial charge on any atom is -0.489 e. The molecule has 0 N–H and O–H groups in total. The van der Waals surface area contributed by atoms with Crippen molar-refractivity contribution in [1.29, 1.82) is 0 Å². The molecule has 0 spiro atoms. The van der Waals surface area contributed by atoms with Gasteiger partial charge in [-0.3, -0.25) is 4.79 Å². The molecular formula is C13H17NO3. The van der Waals surface area contributed by atoms with E-state index in [1.165, 1.54) is 0 Å². The molecule has 2 heterocycles. The second-order valence-electron chi connectivity index (χ2n) is 4.09. The summed E-state index contributed by atoms with van der Waals surface area (Å²) in [6.45, 7) is 3.34. The zero-order chi connectivity index (χ0) is 12.1. The van der Waals surface area contributed by atoms with Crippen LogP contribution in [0.5, 0.6) is 5.75 Å². The summed E-state index contributed by atoms with van der Waals surface area (Å²) >= 11 is 0. The molecule has 1 aromatic heterocycles. The largest absolute Gasteiger partial charge is 0.489 e. The molecule has 1 aliphatic heterocycles. The van der Waals surface area contributed by atoms with E-state index in [2.05, 4.69) is 4.98 Å². The Balaban J connectivity index is 1.95. The van der Waals surface area contributed by atoms with E-state index in [1.807, 2.05) is 13.0 Å². The first kappa shape index (κ1) is 12.0. The van der Waals surface area contributed by atoms with Gasteiger partial charge in [0.1, 0.15) is 17.5 Å². The van der Waals surface area contributed by atoms with Gasteiger partial charge < -0.3 is 9.47 Å². The molecule has 4 heteroatoms. The lowest BCUT2D eigenvalue weighted by atomic mass is 10.1. The summed E-state index contributed by atoms with van der Waals surface area (Å²) in [5, 5.41) is 0. The molecule has 0 aromatic carbocycles. The number of carbonyl (C=O) groups excluding carboxylic acids is 1. The summed E-state index contributed by atoms with van der Waals surface area (Å²) in [5.41, 5.74) is 0.506. The number of hydrogen-bond donors (Lipinski definition) is 0. The first-order valence-corrected chi connectivity index (χ1v) is 6.03. The third-order valence-corrected chi connectivity index (χ3v) is 2.81. The second-order valence-corrected chi connectivity index (χ2v) is 4.09. The Kier molecular flexibility index (Phi) is 4.09. The van der Waals surface area contributed by atoms with E-state index in [4.69, 9.17) is 9.47 Å². The molecule has 1 aliphatic rings. The van der Waals surface area contributed by atoms with Crippen molar-refractivity contribution in [3.63, 3.8) is 0 Å². The lowest BCUT2D eigenvalue weighted by Crippen LogP contribution is -2.25. The number of nitrogens with zero attached hydrogens (tertiary/aromatic N) is 1. The van der Waals surface area contributed by atoms with Crippen LogP contribution in [0, 0.1) is 0 Å². The summed E-state index contributed by atoms with van der Waals surface area (Å²) in [7, 11) is 0. The van der Waals surface area contributed by atoms with Crippen molar-refractivity contribution in [3.8, 4) is 5.75 Å². The number of hydrogen-bond acceptors (Lipinski definition) is 4. The standard InChI is InChI=1S/C13H17NO3/c1-2-13(15)12-4-3-11(9-14-12)17-10-5-7-16-8-6-10/h3-4,9-10H,2,5-8H2,1H3. The molecule has 92 valence electrons. The highest BCUT2D eigenvalue weighted by molar-refractivity contribution is 5.93. The Bertz CT molecular complexity index is 369. The monoisotopic (exact) mass is 235 g/mol. The summed E-state index contributed by atoms with van der Waals surface area (Å²) < 4.78 is 11.0. The Labute approximate surface area is 101 Å². The van der Waals surface area contributed by atoms with Gasteiger partial charge in [-0.05, 0) is 12.1 Å². The maximum absolute atomic E-state index is 11.4. The zero-order valence-electron chi connectivity index (χ0n) is 10.0. The maximum Gasteiger partial charge on any atom is 0.180 e. The summed E-state index contributed by atoms with van der Waals surface area (Å²) in [4.78, 5) is 15.5. The molecule has 0 unspecified atom stereocenters. The van der Waals surface area contributed by atoms with E-state index in [0.29, 0.717) is 12.1 Å². The third kappa shape index (κ3) is 3.27. The Morgan fingerprint density at radius 1 is 1.47 bits per heavy atom. The number of aromatic nitrogens is 1. The normalized spacial score (nSPS) is 16.8. The molecule has 0 saturated carbocycles. The van der Waals surface area contributed by atoms with Crippen LogP contribution in [0.2, 0.25) is 0 Å². The van der Waals surface area contributed by atoms with Gasteiger partial charge in [0.15, 0.2) is 5.78 Å². The molecular weight excluding hydrogens is 218 g/mol. The second kappa shape index (κ2) is 5.77. The van der Waals surface area contributed by atoms with Crippen LogP contribution in [0.15, 0.2) is 18.3 Å². The minimum atomic E-state index is 0.0580. The lowest BCUT2D eigenvalue weighted by molar-refractivity contribution is 0.0254. The van der Waals surface area contributed by atoms with E-state index < -0.39 is 0 Å². The maximum atomic E-state index is 11.4. The Hall–Kier alpha value is -1.42. The number of carbonyl (C=O) groups is 1. The van der Waals surface area contributed by atoms with Gasteiger partial charge in [0.05, 0.1) is 19.4 Å². The zero-order valence-corrected chi connectivity index (χ0v) is 10.0. The van der Waals surface area contributed by atoms with Crippen LogP contribution >= 0.6 is 0 Å². The predicted molar refractivity (Wildman–Crippen MR) is 63.3 cm³/mol. The predicted octanol–water partition coefficient (Wildman–Crippen LogP) is 2.23. The fourth-order valence-electron chi connectivity index (χ4n) is 1.78. The average Bonchev–Trinajstić information content (AvgIpc) is 2.40. The summed E-state index contributed by atoms with van der Waals surface area (Å²) in [6.07, 6.45) is 4.13. The molecule has 1 saturated heterocycles. The Morgan fingerprint density at radius 3 is 2.82 bits per heavy atom. The number of Topliss-reactive ketones (excluding diaryl/α,β-unsaturated/α-hetero) is 1. The molecule has 1 fully saturated rings. The van der Waals surface area contributed by atoms with Crippen LogP contribution in [0.4, 0.5) is 0 Å². The van der Waals surface area contributed by atoms with Gasteiger partial charge >= 0.3 is 0 Å². The smallest absolute Gasteiger partial charge is 0.180 e. The van der Waals surface area contributed by atoms with Crippen molar-refractivity contribution in [2.24, 2.45) is 0 Å². The van der Waals surface area contributed by atoms with Crippen LogP contribution in [0.3, 0.4) is 0 Å². The van der Waals surface area contributed by atoms with E-state index in [-0.39, 0.29) is 11.9 Å². The van der Waals surface area contributed by atoms with Crippen LogP contribution in [-0.4, -0.2) is 30.1 Å². The molecule has 0 bridgehead atoms. The van der Waals surface area contributed by atoms with Crippen molar-refractivity contribution in [2.45, 2.75) is 32.3 Å². The van der Waals surface area contributed by atoms with Crippen molar-refractivity contribution in [3.05, 3.63) is 24.0 Å². The van der Waals surface area contributed by atoms with Crippen LogP contribution in [-0.2, 0) is 4.74 Å². The lowest BCUT2D eigenvalue weighted by Gasteiger charge is -2.23. The SMILES string of the molecule is CCC(=O)c1ccc(OC2CCOCC2)cn1. The minimum absolute atomic E-state index is 0.0580. The van der Waals surface area contributed by atoms with E-state index in [9.17, 15) is 4.79 Å². The van der Waals surface area contributed by atoms with Crippen LogP contribution < -0.4 is 4.74 Å². The number of rotatable bonds is 4. The van der Waals surface area contributed by atoms with Crippen molar-refractivity contribution in [2.75, 3.05) is 13.2 Å². The Morgan fingerprint density at radius 2 is 2.24 bits per heavy atom.